The molecule has 0 aliphatic rings. The van der Waals surface area contributed by atoms with Gasteiger partial charge in [0.1, 0.15) is 0 Å². The Morgan fingerprint density at radius 1 is 1.08 bits per heavy atom. The molecule has 1 aromatic carbocycles. The normalized spacial score (nSPS) is 10.2. The van der Waals surface area contributed by atoms with Crippen molar-refractivity contribution in [2.75, 3.05) is 17.7 Å². The van der Waals surface area contributed by atoms with Crippen molar-refractivity contribution in [1.82, 2.24) is 15.2 Å². The molecular formula is C18H17N5O3. The first-order valence-electron chi connectivity index (χ1n) is 7.81. The van der Waals surface area contributed by atoms with Crippen molar-refractivity contribution in [2.45, 2.75) is 6.92 Å². The van der Waals surface area contributed by atoms with Crippen LogP contribution in [0, 0.1) is 6.92 Å². The topological polar surface area (TPSA) is 109 Å². The van der Waals surface area contributed by atoms with Gasteiger partial charge < -0.3 is 10.1 Å². The molecule has 2 heterocycles. The van der Waals surface area contributed by atoms with Gasteiger partial charge in [-0.3, -0.25) is 20.2 Å². The highest BCUT2D eigenvalue weighted by Crippen LogP contribution is 2.25. The summed E-state index contributed by atoms with van der Waals surface area (Å²) in [5.74, 6) is -0.335. The van der Waals surface area contributed by atoms with Gasteiger partial charge in [0, 0.05) is 17.6 Å². The average molecular weight is 351 g/mol. The first-order chi connectivity index (χ1) is 12.6. The molecular weight excluding hydrogens is 334 g/mol. The van der Waals surface area contributed by atoms with Crippen LogP contribution in [0.15, 0.2) is 48.8 Å². The standard InChI is InChI=1S/C18H17N5O3/c1-11-13(7-5-8-14(11)22-18(25)26-2)21-17(24)12-10-20-23-16(12)15-6-3-4-9-19-15/h3-10H,1-2H3,(H,20,23)(H,21,24)(H,22,25). The summed E-state index contributed by atoms with van der Waals surface area (Å²) in [6, 6.07) is 10.6. The lowest BCUT2D eigenvalue weighted by Gasteiger charge is -2.13. The molecule has 0 saturated carbocycles. The zero-order valence-electron chi connectivity index (χ0n) is 14.2. The summed E-state index contributed by atoms with van der Waals surface area (Å²) in [6.07, 6.45) is 2.51. The van der Waals surface area contributed by atoms with Gasteiger partial charge in [-0.25, -0.2) is 4.79 Å². The fourth-order valence-electron chi connectivity index (χ4n) is 2.42. The molecule has 0 radical (unpaired) electrons. The van der Waals surface area contributed by atoms with Crippen molar-refractivity contribution in [2.24, 2.45) is 0 Å². The molecule has 132 valence electrons. The number of methoxy groups -OCH3 is 1. The monoisotopic (exact) mass is 351 g/mol. The van der Waals surface area contributed by atoms with Gasteiger partial charge in [-0.2, -0.15) is 5.10 Å². The van der Waals surface area contributed by atoms with E-state index >= 15 is 0 Å². The van der Waals surface area contributed by atoms with E-state index in [0.29, 0.717) is 33.9 Å². The minimum atomic E-state index is -0.580. The smallest absolute Gasteiger partial charge is 0.411 e. The van der Waals surface area contributed by atoms with E-state index in [1.165, 1.54) is 13.3 Å². The molecule has 0 spiro atoms. The third-order valence-electron chi connectivity index (χ3n) is 3.81. The molecule has 0 unspecified atom stereocenters. The van der Waals surface area contributed by atoms with Crippen molar-refractivity contribution in [1.29, 1.82) is 0 Å². The van der Waals surface area contributed by atoms with Gasteiger partial charge in [-0.1, -0.05) is 12.1 Å². The summed E-state index contributed by atoms with van der Waals surface area (Å²) < 4.78 is 4.60. The number of ether oxygens (including phenoxy) is 1. The van der Waals surface area contributed by atoms with E-state index in [1.807, 2.05) is 6.07 Å². The van der Waals surface area contributed by atoms with E-state index in [-0.39, 0.29) is 5.91 Å². The van der Waals surface area contributed by atoms with Crippen LogP contribution in [0.1, 0.15) is 15.9 Å². The number of nitrogens with one attached hydrogen (secondary N) is 3. The number of H-pyrrole nitrogens is 1. The summed E-state index contributed by atoms with van der Waals surface area (Å²) in [5.41, 5.74) is 3.34. The molecule has 0 aliphatic heterocycles. The molecule has 8 nitrogen and oxygen atoms in total. The Morgan fingerprint density at radius 2 is 1.85 bits per heavy atom. The number of aromatic amines is 1. The van der Waals surface area contributed by atoms with Gasteiger partial charge in [0.05, 0.1) is 30.3 Å². The second-order valence-corrected chi connectivity index (χ2v) is 5.42. The third-order valence-corrected chi connectivity index (χ3v) is 3.81. The molecule has 0 aliphatic carbocycles. The second-order valence-electron chi connectivity index (χ2n) is 5.42. The Balaban J connectivity index is 1.85. The number of hydrogen-bond acceptors (Lipinski definition) is 5. The molecule has 2 amide bonds. The van der Waals surface area contributed by atoms with Gasteiger partial charge in [-0.05, 0) is 36.8 Å². The first kappa shape index (κ1) is 17.2. The zero-order valence-corrected chi connectivity index (χ0v) is 14.2. The predicted molar refractivity (Wildman–Crippen MR) is 97.0 cm³/mol. The molecule has 2 aromatic heterocycles. The maximum atomic E-state index is 12.7. The van der Waals surface area contributed by atoms with Crippen LogP contribution in [-0.2, 0) is 4.74 Å². The van der Waals surface area contributed by atoms with E-state index in [2.05, 4.69) is 30.6 Å². The molecule has 26 heavy (non-hydrogen) atoms. The molecule has 8 heteroatoms. The highest BCUT2D eigenvalue weighted by atomic mass is 16.5. The molecule has 3 aromatic rings. The molecule has 0 saturated heterocycles. The Morgan fingerprint density at radius 3 is 2.54 bits per heavy atom. The molecule has 0 atom stereocenters. The maximum absolute atomic E-state index is 12.7. The van der Waals surface area contributed by atoms with E-state index in [0.717, 1.165) is 0 Å². The van der Waals surface area contributed by atoms with Crippen molar-refractivity contribution >= 4 is 23.4 Å². The Hall–Kier alpha value is -3.68. The number of amides is 2. The molecule has 3 N–H and O–H groups in total. The largest absolute Gasteiger partial charge is 0.453 e. The fourth-order valence-corrected chi connectivity index (χ4v) is 2.42. The number of anilines is 2. The number of carbonyl (C=O) groups is 2. The van der Waals surface area contributed by atoms with Crippen LogP contribution in [-0.4, -0.2) is 34.3 Å². The second kappa shape index (κ2) is 7.47. The number of pyridine rings is 1. The van der Waals surface area contributed by atoms with E-state index in [4.69, 9.17) is 0 Å². The summed E-state index contributed by atoms with van der Waals surface area (Å²) in [6.45, 7) is 1.79. The number of rotatable bonds is 4. The van der Waals surface area contributed by atoms with Gasteiger partial charge in [0.2, 0.25) is 0 Å². The minimum absolute atomic E-state index is 0.335. The zero-order chi connectivity index (χ0) is 18.5. The van der Waals surface area contributed by atoms with Gasteiger partial charge in [0.25, 0.3) is 5.91 Å². The lowest BCUT2D eigenvalue weighted by Crippen LogP contribution is -2.15. The van der Waals surface area contributed by atoms with Crippen molar-refractivity contribution < 1.29 is 14.3 Å². The van der Waals surface area contributed by atoms with Gasteiger partial charge in [-0.15, -0.1) is 0 Å². The minimum Gasteiger partial charge on any atom is -0.453 e. The predicted octanol–water partition coefficient (Wildman–Crippen LogP) is 3.21. The third kappa shape index (κ3) is 3.54. The average Bonchev–Trinajstić information content (AvgIpc) is 3.15. The first-order valence-corrected chi connectivity index (χ1v) is 7.81. The van der Waals surface area contributed by atoms with Crippen LogP contribution in [0.25, 0.3) is 11.4 Å². The van der Waals surface area contributed by atoms with Crippen LogP contribution < -0.4 is 10.6 Å². The number of aromatic nitrogens is 3. The van der Waals surface area contributed by atoms with E-state index in [9.17, 15) is 9.59 Å². The number of nitrogens with zero attached hydrogens (tertiary/aromatic N) is 2. The number of benzene rings is 1. The van der Waals surface area contributed by atoms with Crippen LogP contribution in [0.3, 0.4) is 0 Å². The van der Waals surface area contributed by atoms with Crippen molar-refractivity contribution in [3.8, 4) is 11.4 Å². The van der Waals surface area contributed by atoms with Crippen LogP contribution >= 0.6 is 0 Å². The fraction of sp³-hybridized carbons (Fsp3) is 0.111. The van der Waals surface area contributed by atoms with Crippen LogP contribution in [0.5, 0.6) is 0 Å². The summed E-state index contributed by atoms with van der Waals surface area (Å²) >= 11 is 0. The summed E-state index contributed by atoms with van der Waals surface area (Å²) in [5, 5.41) is 12.2. The Labute approximate surface area is 149 Å². The Kier molecular flexibility index (Phi) is 4.93. The van der Waals surface area contributed by atoms with Gasteiger partial charge in [0.15, 0.2) is 0 Å². The maximum Gasteiger partial charge on any atom is 0.411 e. The summed E-state index contributed by atoms with van der Waals surface area (Å²) in [7, 11) is 1.29. The van der Waals surface area contributed by atoms with Crippen molar-refractivity contribution in [3.63, 3.8) is 0 Å². The quantitative estimate of drug-likeness (QED) is 0.669. The van der Waals surface area contributed by atoms with E-state index < -0.39 is 6.09 Å². The lowest BCUT2D eigenvalue weighted by atomic mass is 10.1. The van der Waals surface area contributed by atoms with Gasteiger partial charge >= 0.3 is 6.09 Å². The molecule has 0 bridgehead atoms. The number of hydrogen-bond donors (Lipinski definition) is 3. The molecule has 3 rings (SSSR count). The number of carbonyl (C=O) groups excluding carboxylic acids is 2. The lowest BCUT2D eigenvalue weighted by molar-refractivity contribution is 0.102. The van der Waals surface area contributed by atoms with Crippen LogP contribution in [0.2, 0.25) is 0 Å². The van der Waals surface area contributed by atoms with Crippen LogP contribution in [0.4, 0.5) is 16.2 Å². The molecule has 0 fully saturated rings. The highest BCUT2D eigenvalue weighted by Gasteiger charge is 2.17. The highest BCUT2D eigenvalue weighted by molar-refractivity contribution is 6.08. The van der Waals surface area contributed by atoms with E-state index in [1.54, 1.807) is 43.5 Å². The summed E-state index contributed by atoms with van der Waals surface area (Å²) in [4.78, 5) is 28.3. The SMILES string of the molecule is COC(=O)Nc1cccc(NC(=O)c2cn[nH]c2-c2ccccn2)c1C. The van der Waals surface area contributed by atoms with Crippen molar-refractivity contribution in [3.05, 3.63) is 59.9 Å². The Bertz CT molecular complexity index is 937.